The number of hydrogen-bond donors (Lipinski definition) is 1. The van der Waals surface area contributed by atoms with Gasteiger partial charge in [-0.2, -0.15) is 0 Å². The van der Waals surface area contributed by atoms with Gasteiger partial charge in [0, 0.05) is 31.1 Å². The molecule has 0 bridgehead atoms. The average Bonchev–Trinajstić information content (AvgIpc) is 3.10. The number of carbonyl (C=O) groups is 1. The van der Waals surface area contributed by atoms with Crippen molar-refractivity contribution < 1.29 is 9.18 Å². The molecule has 2 amide bonds. The van der Waals surface area contributed by atoms with E-state index in [1.165, 1.54) is 57.3 Å². The summed E-state index contributed by atoms with van der Waals surface area (Å²) in [5.41, 5.74) is 1.13. The first kappa shape index (κ1) is 17.8. The van der Waals surface area contributed by atoms with Gasteiger partial charge in [-0.15, -0.1) is 0 Å². The number of urea groups is 1. The van der Waals surface area contributed by atoms with Crippen molar-refractivity contribution in [1.82, 2.24) is 15.1 Å². The quantitative estimate of drug-likeness (QED) is 0.893. The number of likely N-dealkylation sites (tertiary alicyclic amines) is 2. The van der Waals surface area contributed by atoms with Crippen LogP contribution in [-0.4, -0.2) is 54.6 Å². The lowest BCUT2D eigenvalue weighted by molar-refractivity contribution is 0.0446. The fourth-order valence-electron chi connectivity index (χ4n) is 4.91. The zero-order valence-electron chi connectivity index (χ0n) is 15.6. The third-order valence-electron chi connectivity index (χ3n) is 6.65. The van der Waals surface area contributed by atoms with Crippen LogP contribution >= 0.6 is 0 Å². The van der Waals surface area contributed by atoms with E-state index in [0.717, 1.165) is 31.5 Å². The predicted molar refractivity (Wildman–Crippen MR) is 101 cm³/mol. The number of nitrogens with zero attached hydrogens (tertiary/aromatic N) is 2. The third kappa shape index (κ3) is 3.59. The van der Waals surface area contributed by atoms with Crippen LogP contribution in [0, 0.1) is 5.82 Å². The van der Waals surface area contributed by atoms with E-state index in [4.69, 9.17) is 0 Å². The zero-order valence-corrected chi connectivity index (χ0v) is 15.6. The molecule has 1 aromatic carbocycles. The highest BCUT2D eigenvalue weighted by Crippen LogP contribution is 2.40. The maximum Gasteiger partial charge on any atom is 0.317 e. The Morgan fingerprint density at radius 1 is 1.04 bits per heavy atom. The van der Waals surface area contributed by atoms with Gasteiger partial charge in [0.25, 0.3) is 0 Å². The summed E-state index contributed by atoms with van der Waals surface area (Å²) in [4.78, 5) is 17.1. The smallest absolute Gasteiger partial charge is 0.317 e. The van der Waals surface area contributed by atoms with Gasteiger partial charge < -0.3 is 10.2 Å². The van der Waals surface area contributed by atoms with Crippen molar-refractivity contribution in [2.45, 2.75) is 56.4 Å². The second-order valence-electron chi connectivity index (χ2n) is 8.31. The Balaban J connectivity index is 1.31. The predicted octanol–water partition coefficient (Wildman–Crippen LogP) is 3.52. The van der Waals surface area contributed by atoms with E-state index in [1.54, 1.807) is 0 Å². The molecule has 0 radical (unpaired) electrons. The van der Waals surface area contributed by atoms with Crippen LogP contribution in [0.5, 0.6) is 0 Å². The van der Waals surface area contributed by atoms with Crippen LogP contribution in [0.1, 0.15) is 50.5 Å². The molecule has 26 heavy (non-hydrogen) atoms. The maximum atomic E-state index is 13.3. The highest BCUT2D eigenvalue weighted by Gasteiger charge is 2.38. The summed E-state index contributed by atoms with van der Waals surface area (Å²) < 4.78 is 13.3. The topological polar surface area (TPSA) is 35.6 Å². The molecular weight excluding hydrogens is 329 g/mol. The van der Waals surface area contributed by atoms with E-state index >= 15 is 0 Å². The Morgan fingerprint density at radius 2 is 1.69 bits per heavy atom. The van der Waals surface area contributed by atoms with Crippen molar-refractivity contribution in [3.05, 3.63) is 35.6 Å². The number of rotatable bonds is 4. The van der Waals surface area contributed by atoms with Crippen LogP contribution < -0.4 is 5.32 Å². The van der Waals surface area contributed by atoms with Crippen LogP contribution in [0.4, 0.5) is 9.18 Å². The molecule has 1 aliphatic carbocycles. The second kappa shape index (κ2) is 7.55. The Morgan fingerprint density at radius 3 is 2.35 bits per heavy atom. The minimum Gasteiger partial charge on any atom is -0.337 e. The molecule has 3 fully saturated rings. The molecule has 142 valence electrons. The van der Waals surface area contributed by atoms with Crippen molar-refractivity contribution in [3.8, 4) is 0 Å². The van der Waals surface area contributed by atoms with E-state index in [2.05, 4.69) is 10.2 Å². The average molecular weight is 359 g/mol. The van der Waals surface area contributed by atoms with Gasteiger partial charge in [0.2, 0.25) is 0 Å². The Labute approximate surface area is 155 Å². The lowest BCUT2D eigenvalue weighted by Crippen LogP contribution is -2.64. The molecule has 0 spiro atoms. The molecule has 1 aromatic rings. The molecule has 0 atom stereocenters. The standard InChI is InChI=1S/C21H30FN3O/c22-18-8-6-17(7-9-18)21(10-2-3-11-21)16-23-20(26)25-14-19(15-25)24-12-4-1-5-13-24/h6-9,19H,1-5,10-16H2,(H,23,26). The second-order valence-corrected chi connectivity index (χ2v) is 8.31. The minimum absolute atomic E-state index is 0.0273. The van der Waals surface area contributed by atoms with Gasteiger partial charge >= 0.3 is 6.03 Å². The Hall–Kier alpha value is -1.62. The van der Waals surface area contributed by atoms with Gasteiger partial charge in [-0.3, -0.25) is 4.90 Å². The van der Waals surface area contributed by atoms with E-state index in [0.29, 0.717) is 12.6 Å². The summed E-state index contributed by atoms with van der Waals surface area (Å²) in [6.07, 6.45) is 8.41. The highest BCUT2D eigenvalue weighted by molar-refractivity contribution is 5.75. The van der Waals surface area contributed by atoms with Gasteiger partial charge in [-0.25, -0.2) is 9.18 Å². The molecule has 4 rings (SSSR count). The van der Waals surface area contributed by atoms with Crippen LogP contribution in [0.2, 0.25) is 0 Å². The monoisotopic (exact) mass is 359 g/mol. The summed E-state index contributed by atoms with van der Waals surface area (Å²) in [5, 5.41) is 3.18. The number of piperidine rings is 1. The normalized spacial score (nSPS) is 23.7. The number of halogens is 1. The molecule has 2 saturated heterocycles. The summed E-state index contributed by atoms with van der Waals surface area (Å²) >= 11 is 0. The van der Waals surface area contributed by atoms with E-state index in [9.17, 15) is 9.18 Å². The molecule has 2 heterocycles. The van der Waals surface area contributed by atoms with Crippen molar-refractivity contribution in [2.24, 2.45) is 0 Å². The fourth-order valence-corrected chi connectivity index (χ4v) is 4.91. The van der Waals surface area contributed by atoms with Gasteiger partial charge in [0.15, 0.2) is 0 Å². The summed E-state index contributed by atoms with van der Waals surface area (Å²) in [6.45, 7) is 4.74. The molecule has 0 unspecified atom stereocenters. The number of carbonyl (C=O) groups excluding carboxylic acids is 1. The van der Waals surface area contributed by atoms with Crippen LogP contribution in [0.15, 0.2) is 24.3 Å². The van der Waals surface area contributed by atoms with Gasteiger partial charge in [0.05, 0.1) is 0 Å². The molecular formula is C21H30FN3O. The lowest BCUT2D eigenvalue weighted by atomic mass is 9.79. The van der Waals surface area contributed by atoms with Crippen LogP contribution in [-0.2, 0) is 5.41 Å². The van der Waals surface area contributed by atoms with Crippen molar-refractivity contribution >= 4 is 6.03 Å². The first-order valence-electron chi connectivity index (χ1n) is 10.2. The number of amides is 2. The van der Waals surface area contributed by atoms with Crippen molar-refractivity contribution in [1.29, 1.82) is 0 Å². The number of benzene rings is 1. The third-order valence-corrected chi connectivity index (χ3v) is 6.65. The van der Waals surface area contributed by atoms with E-state index in [-0.39, 0.29) is 17.3 Å². The molecule has 5 heteroatoms. The van der Waals surface area contributed by atoms with Gasteiger partial charge in [0.1, 0.15) is 5.82 Å². The molecule has 4 nitrogen and oxygen atoms in total. The van der Waals surface area contributed by atoms with Crippen molar-refractivity contribution in [3.63, 3.8) is 0 Å². The largest absolute Gasteiger partial charge is 0.337 e. The molecule has 1 saturated carbocycles. The summed E-state index contributed by atoms with van der Waals surface area (Å²) in [6, 6.07) is 7.47. The first-order valence-corrected chi connectivity index (χ1v) is 10.2. The lowest BCUT2D eigenvalue weighted by Gasteiger charge is -2.46. The van der Waals surface area contributed by atoms with Gasteiger partial charge in [-0.1, -0.05) is 31.4 Å². The highest BCUT2D eigenvalue weighted by atomic mass is 19.1. The molecule has 1 N–H and O–H groups in total. The molecule has 2 aliphatic heterocycles. The zero-order chi connectivity index (χ0) is 18.0. The van der Waals surface area contributed by atoms with Crippen LogP contribution in [0.25, 0.3) is 0 Å². The van der Waals surface area contributed by atoms with Crippen molar-refractivity contribution in [2.75, 3.05) is 32.7 Å². The van der Waals surface area contributed by atoms with E-state index < -0.39 is 0 Å². The first-order chi connectivity index (χ1) is 12.7. The summed E-state index contributed by atoms with van der Waals surface area (Å²) in [7, 11) is 0. The van der Waals surface area contributed by atoms with E-state index in [1.807, 2.05) is 17.0 Å². The Bertz CT molecular complexity index is 615. The van der Waals surface area contributed by atoms with Crippen LogP contribution in [0.3, 0.4) is 0 Å². The SMILES string of the molecule is O=C(NCC1(c2ccc(F)cc2)CCCC1)N1CC(N2CCCCC2)C1. The number of hydrogen-bond acceptors (Lipinski definition) is 2. The Kier molecular flexibility index (Phi) is 5.16. The fraction of sp³-hybridized carbons (Fsp3) is 0.667. The minimum atomic E-state index is -0.199. The summed E-state index contributed by atoms with van der Waals surface area (Å²) in [5.74, 6) is -0.199. The molecule has 0 aromatic heterocycles. The molecule has 3 aliphatic rings. The van der Waals surface area contributed by atoms with Gasteiger partial charge in [-0.05, 0) is 56.5 Å². The number of nitrogens with one attached hydrogen (secondary N) is 1. The maximum absolute atomic E-state index is 13.3.